The van der Waals surface area contributed by atoms with Gasteiger partial charge in [-0.1, -0.05) is 6.07 Å². The van der Waals surface area contributed by atoms with Crippen molar-refractivity contribution in [2.75, 3.05) is 19.3 Å². The van der Waals surface area contributed by atoms with Crippen molar-refractivity contribution in [1.29, 1.82) is 0 Å². The summed E-state index contributed by atoms with van der Waals surface area (Å²) in [5.74, 6) is 0.680. The molecule has 2 N–H and O–H groups in total. The van der Waals surface area contributed by atoms with E-state index in [0.29, 0.717) is 17.3 Å². The maximum atomic E-state index is 13.1. The van der Waals surface area contributed by atoms with Crippen LogP contribution in [0.1, 0.15) is 24.0 Å². The molecule has 0 amide bonds. The average molecular weight is 349 g/mol. The van der Waals surface area contributed by atoms with Crippen LogP contribution in [0.3, 0.4) is 0 Å². The molecule has 23 heavy (non-hydrogen) atoms. The molecule has 0 radical (unpaired) electrons. The van der Waals surface area contributed by atoms with Gasteiger partial charge in [0.1, 0.15) is 5.82 Å². The van der Waals surface area contributed by atoms with Crippen LogP contribution in [-0.2, 0) is 12.7 Å². The van der Waals surface area contributed by atoms with Crippen molar-refractivity contribution in [2.24, 2.45) is 4.99 Å². The van der Waals surface area contributed by atoms with Gasteiger partial charge in [0.15, 0.2) is 5.96 Å². The van der Waals surface area contributed by atoms with Gasteiger partial charge in [-0.05, 0) is 36.3 Å². The van der Waals surface area contributed by atoms with Crippen LogP contribution >= 0.6 is 11.8 Å². The Hall–Kier alpha value is -1.44. The Morgan fingerprint density at radius 3 is 2.74 bits per heavy atom. The number of halogens is 4. The molecule has 1 saturated heterocycles. The first-order valence-corrected chi connectivity index (χ1v) is 8.37. The lowest BCUT2D eigenvalue weighted by atomic mass is 10.1. The van der Waals surface area contributed by atoms with Gasteiger partial charge in [0.05, 0.1) is 5.56 Å². The third kappa shape index (κ3) is 5.30. The summed E-state index contributed by atoms with van der Waals surface area (Å²) in [5.41, 5.74) is -0.983. The second-order valence-electron chi connectivity index (χ2n) is 5.24. The van der Waals surface area contributed by atoms with E-state index in [-0.39, 0.29) is 12.1 Å². The molecule has 0 spiro atoms. The van der Waals surface area contributed by atoms with Crippen LogP contribution in [-0.4, -0.2) is 30.6 Å². The largest absolute Gasteiger partial charge is 0.416 e. The molecule has 1 heterocycles. The third-order valence-corrected chi connectivity index (χ3v) is 4.97. The standard InChI is InChI=1S/C15H19F4N3S/c1-20-14(22-9-12-3-2-6-23-12)21-8-10-4-5-11(16)7-13(10)15(17,18)19/h4-5,7,12H,2-3,6,8-9H2,1H3,(H2,20,21,22). The van der Waals surface area contributed by atoms with E-state index < -0.39 is 17.6 Å². The van der Waals surface area contributed by atoms with Crippen molar-refractivity contribution in [2.45, 2.75) is 30.8 Å². The van der Waals surface area contributed by atoms with E-state index in [9.17, 15) is 17.6 Å². The lowest BCUT2D eigenvalue weighted by molar-refractivity contribution is -0.138. The number of nitrogens with one attached hydrogen (secondary N) is 2. The van der Waals surface area contributed by atoms with Crippen LogP contribution in [0.5, 0.6) is 0 Å². The normalized spacial score (nSPS) is 19.0. The summed E-state index contributed by atoms with van der Waals surface area (Å²) in [7, 11) is 1.56. The number of rotatable bonds is 4. The monoisotopic (exact) mass is 349 g/mol. The maximum absolute atomic E-state index is 13.1. The van der Waals surface area contributed by atoms with Gasteiger partial charge in [-0.2, -0.15) is 24.9 Å². The van der Waals surface area contributed by atoms with E-state index in [1.54, 1.807) is 7.05 Å². The van der Waals surface area contributed by atoms with Crippen LogP contribution in [0.2, 0.25) is 0 Å². The van der Waals surface area contributed by atoms with Gasteiger partial charge in [-0.3, -0.25) is 4.99 Å². The molecule has 128 valence electrons. The average Bonchev–Trinajstić information content (AvgIpc) is 3.01. The summed E-state index contributed by atoms with van der Waals surface area (Å²) in [6, 6.07) is 2.69. The Morgan fingerprint density at radius 1 is 1.35 bits per heavy atom. The molecule has 1 aromatic carbocycles. The Kier molecular flexibility index (Phi) is 6.15. The van der Waals surface area contributed by atoms with E-state index in [1.165, 1.54) is 6.42 Å². The SMILES string of the molecule is CN=C(NCc1ccc(F)cc1C(F)(F)F)NCC1CCCS1. The maximum Gasteiger partial charge on any atom is 0.416 e. The fourth-order valence-electron chi connectivity index (χ4n) is 2.38. The van der Waals surface area contributed by atoms with Crippen molar-refractivity contribution in [1.82, 2.24) is 10.6 Å². The van der Waals surface area contributed by atoms with Gasteiger partial charge in [0.25, 0.3) is 0 Å². The highest BCUT2D eigenvalue weighted by atomic mass is 32.2. The number of hydrogen-bond acceptors (Lipinski definition) is 2. The molecule has 1 aliphatic rings. The van der Waals surface area contributed by atoms with Gasteiger partial charge in [-0.15, -0.1) is 0 Å². The molecule has 0 aromatic heterocycles. The van der Waals surface area contributed by atoms with Crippen molar-refractivity contribution in [3.05, 3.63) is 35.1 Å². The summed E-state index contributed by atoms with van der Waals surface area (Å²) < 4.78 is 51.9. The van der Waals surface area contributed by atoms with Crippen molar-refractivity contribution < 1.29 is 17.6 Å². The van der Waals surface area contributed by atoms with Crippen LogP contribution in [0, 0.1) is 5.82 Å². The number of alkyl halides is 3. The molecule has 1 atom stereocenters. The smallest absolute Gasteiger partial charge is 0.355 e. The fourth-order valence-corrected chi connectivity index (χ4v) is 3.58. The molecule has 3 nitrogen and oxygen atoms in total. The molecule has 1 aliphatic heterocycles. The lowest BCUT2D eigenvalue weighted by Crippen LogP contribution is -2.40. The minimum Gasteiger partial charge on any atom is -0.355 e. The van der Waals surface area contributed by atoms with Crippen LogP contribution in [0.25, 0.3) is 0 Å². The predicted molar refractivity (Wildman–Crippen MR) is 85.1 cm³/mol. The Morgan fingerprint density at radius 2 is 2.13 bits per heavy atom. The summed E-state index contributed by atoms with van der Waals surface area (Å²) in [6.07, 6.45) is -2.27. The van der Waals surface area contributed by atoms with Gasteiger partial charge >= 0.3 is 6.18 Å². The quantitative estimate of drug-likeness (QED) is 0.497. The number of nitrogens with zero attached hydrogens (tertiary/aromatic N) is 1. The Bertz CT molecular complexity index is 554. The van der Waals surface area contributed by atoms with Gasteiger partial charge in [0.2, 0.25) is 0 Å². The van der Waals surface area contributed by atoms with E-state index >= 15 is 0 Å². The molecule has 1 fully saturated rings. The van der Waals surface area contributed by atoms with E-state index in [2.05, 4.69) is 15.6 Å². The minimum absolute atomic E-state index is 0.0166. The molecule has 0 bridgehead atoms. The van der Waals surface area contributed by atoms with Crippen molar-refractivity contribution >= 4 is 17.7 Å². The summed E-state index contributed by atoms with van der Waals surface area (Å²) in [5, 5.41) is 6.47. The highest BCUT2D eigenvalue weighted by molar-refractivity contribution is 8.00. The number of guanidine groups is 1. The predicted octanol–water partition coefficient (Wildman–Crippen LogP) is 3.41. The van der Waals surface area contributed by atoms with E-state index in [1.807, 2.05) is 11.8 Å². The van der Waals surface area contributed by atoms with Crippen molar-refractivity contribution in [3.8, 4) is 0 Å². The summed E-state index contributed by atoms with van der Waals surface area (Å²) in [4.78, 5) is 4.00. The first-order chi connectivity index (χ1) is 10.9. The molecule has 1 unspecified atom stereocenters. The molecule has 8 heteroatoms. The first-order valence-electron chi connectivity index (χ1n) is 7.32. The minimum atomic E-state index is -4.59. The zero-order chi connectivity index (χ0) is 16.9. The van der Waals surface area contributed by atoms with Crippen LogP contribution in [0.4, 0.5) is 17.6 Å². The highest BCUT2D eigenvalue weighted by Crippen LogP contribution is 2.32. The molecule has 0 saturated carbocycles. The highest BCUT2D eigenvalue weighted by Gasteiger charge is 2.33. The first kappa shape index (κ1) is 17.9. The number of benzene rings is 1. The second-order valence-corrected chi connectivity index (χ2v) is 6.65. The van der Waals surface area contributed by atoms with E-state index in [4.69, 9.17) is 0 Å². The van der Waals surface area contributed by atoms with Gasteiger partial charge in [-0.25, -0.2) is 4.39 Å². The zero-order valence-corrected chi connectivity index (χ0v) is 13.5. The number of thioether (sulfide) groups is 1. The molecule has 0 aliphatic carbocycles. The van der Waals surface area contributed by atoms with E-state index in [0.717, 1.165) is 30.9 Å². The molecular weight excluding hydrogens is 330 g/mol. The van der Waals surface area contributed by atoms with Crippen LogP contribution < -0.4 is 10.6 Å². The third-order valence-electron chi connectivity index (χ3n) is 3.57. The molecule has 2 rings (SSSR count). The van der Waals surface area contributed by atoms with Gasteiger partial charge < -0.3 is 10.6 Å². The molecule has 1 aromatic rings. The van der Waals surface area contributed by atoms with Crippen molar-refractivity contribution in [3.63, 3.8) is 0 Å². The molecular formula is C15H19F4N3S. The topological polar surface area (TPSA) is 36.4 Å². The lowest BCUT2D eigenvalue weighted by Gasteiger charge is -2.17. The number of aliphatic imine (C=N–C) groups is 1. The zero-order valence-electron chi connectivity index (χ0n) is 12.7. The number of hydrogen-bond donors (Lipinski definition) is 2. The van der Waals surface area contributed by atoms with Crippen LogP contribution in [0.15, 0.2) is 23.2 Å². The fraction of sp³-hybridized carbons (Fsp3) is 0.533. The van der Waals surface area contributed by atoms with Gasteiger partial charge in [0, 0.05) is 25.4 Å². The summed E-state index contributed by atoms with van der Waals surface area (Å²) >= 11 is 1.88. The Labute approximate surface area is 136 Å². The second kappa shape index (κ2) is 7.90. The summed E-state index contributed by atoms with van der Waals surface area (Å²) in [6.45, 7) is 0.645. The Balaban J connectivity index is 1.96.